The summed E-state index contributed by atoms with van der Waals surface area (Å²) in [5, 5.41) is 7.57. The molecule has 0 fully saturated rings. The van der Waals surface area contributed by atoms with Gasteiger partial charge in [-0.15, -0.1) is 0 Å². The van der Waals surface area contributed by atoms with Crippen LogP contribution in [-0.4, -0.2) is 20.3 Å². The van der Waals surface area contributed by atoms with Crippen LogP contribution in [-0.2, 0) is 6.42 Å². The summed E-state index contributed by atoms with van der Waals surface area (Å²) in [6.45, 7) is 1.87. The summed E-state index contributed by atoms with van der Waals surface area (Å²) in [6, 6.07) is 7.92. The Labute approximate surface area is 91.5 Å². The fraction of sp³-hybridized carbons (Fsp3) is 0.182. The summed E-state index contributed by atoms with van der Waals surface area (Å²) < 4.78 is 4.65. The summed E-state index contributed by atoms with van der Waals surface area (Å²) in [6.07, 6.45) is 0.615. The second kappa shape index (κ2) is 3.44. The van der Waals surface area contributed by atoms with Crippen LogP contribution in [0.4, 0.5) is 0 Å². The molecule has 16 heavy (non-hydrogen) atoms. The van der Waals surface area contributed by atoms with Crippen LogP contribution in [0.15, 0.2) is 28.9 Å². The molecule has 2 heterocycles. The maximum absolute atomic E-state index is 4.65. The van der Waals surface area contributed by atoms with Crippen molar-refractivity contribution in [1.82, 2.24) is 20.3 Å². The standard InChI is InChI=1S/C11H10N4O/c1-7-10(15-16-14-7)6-11-12-8-4-2-3-5-9(8)13-11/h2-5H,6H2,1H3,(H,12,13). The van der Waals surface area contributed by atoms with E-state index in [0.717, 1.165) is 28.2 Å². The molecule has 0 amide bonds. The Hall–Kier alpha value is -2.17. The second-order valence-electron chi connectivity index (χ2n) is 3.67. The normalized spacial score (nSPS) is 11.1. The van der Waals surface area contributed by atoms with Crippen molar-refractivity contribution in [3.8, 4) is 0 Å². The molecule has 0 saturated carbocycles. The van der Waals surface area contributed by atoms with Crippen LogP contribution in [0, 0.1) is 6.92 Å². The van der Waals surface area contributed by atoms with Crippen molar-refractivity contribution in [2.24, 2.45) is 0 Å². The molecule has 80 valence electrons. The van der Waals surface area contributed by atoms with E-state index in [2.05, 4.69) is 24.9 Å². The molecule has 3 aromatic rings. The van der Waals surface area contributed by atoms with E-state index in [1.54, 1.807) is 0 Å². The van der Waals surface area contributed by atoms with Crippen molar-refractivity contribution in [2.45, 2.75) is 13.3 Å². The Kier molecular flexibility index (Phi) is 1.96. The van der Waals surface area contributed by atoms with E-state index < -0.39 is 0 Å². The third-order valence-corrected chi connectivity index (χ3v) is 2.52. The molecule has 5 heteroatoms. The molecule has 2 aromatic heterocycles. The first-order valence-corrected chi connectivity index (χ1v) is 5.04. The van der Waals surface area contributed by atoms with Gasteiger partial charge in [-0.3, -0.25) is 0 Å². The molecular weight excluding hydrogens is 204 g/mol. The molecule has 0 aliphatic heterocycles. The number of benzene rings is 1. The van der Waals surface area contributed by atoms with Gasteiger partial charge in [0.05, 0.1) is 17.5 Å². The topological polar surface area (TPSA) is 67.6 Å². The number of rotatable bonds is 2. The van der Waals surface area contributed by atoms with Crippen molar-refractivity contribution in [3.63, 3.8) is 0 Å². The highest BCUT2D eigenvalue weighted by Crippen LogP contribution is 2.13. The number of nitrogens with one attached hydrogen (secondary N) is 1. The number of aromatic nitrogens is 4. The Morgan fingerprint density at radius 2 is 2.12 bits per heavy atom. The van der Waals surface area contributed by atoms with Crippen molar-refractivity contribution >= 4 is 11.0 Å². The zero-order valence-corrected chi connectivity index (χ0v) is 8.77. The van der Waals surface area contributed by atoms with Crippen molar-refractivity contribution in [3.05, 3.63) is 41.5 Å². The molecule has 0 spiro atoms. The Morgan fingerprint density at radius 3 is 2.88 bits per heavy atom. The molecule has 0 saturated heterocycles. The van der Waals surface area contributed by atoms with E-state index in [1.807, 2.05) is 31.2 Å². The van der Waals surface area contributed by atoms with Crippen LogP contribution in [0.3, 0.4) is 0 Å². The predicted molar refractivity (Wildman–Crippen MR) is 57.9 cm³/mol. The smallest absolute Gasteiger partial charge is 0.115 e. The molecule has 0 radical (unpaired) electrons. The van der Waals surface area contributed by atoms with Crippen LogP contribution in [0.1, 0.15) is 17.2 Å². The van der Waals surface area contributed by atoms with Crippen LogP contribution >= 0.6 is 0 Å². The van der Waals surface area contributed by atoms with Crippen LogP contribution in [0.2, 0.25) is 0 Å². The third-order valence-electron chi connectivity index (χ3n) is 2.52. The Morgan fingerprint density at radius 1 is 1.25 bits per heavy atom. The Bertz CT molecular complexity index is 592. The maximum atomic E-state index is 4.65. The summed E-state index contributed by atoms with van der Waals surface area (Å²) in [7, 11) is 0. The lowest BCUT2D eigenvalue weighted by molar-refractivity contribution is 0.301. The summed E-state index contributed by atoms with van der Waals surface area (Å²) in [5.41, 5.74) is 3.62. The van der Waals surface area contributed by atoms with Crippen molar-refractivity contribution in [1.29, 1.82) is 0 Å². The minimum absolute atomic E-state index is 0.615. The van der Waals surface area contributed by atoms with Crippen LogP contribution < -0.4 is 0 Å². The van der Waals surface area contributed by atoms with Gasteiger partial charge in [0.2, 0.25) is 0 Å². The van der Waals surface area contributed by atoms with Crippen molar-refractivity contribution < 1.29 is 4.63 Å². The fourth-order valence-electron chi connectivity index (χ4n) is 1.66. The van der Waals surface area contributed by atoms with Gasteiger partial charge in [-0.1, -0.05) is 22.4 Å². The van der Waals surface area contributed by atoms with E-state index in [4.69, 9.17) is 0 Å². The molecule has 0 aliphatic rings. The number of para-hydroxylation sites is 2. The average Bonchev–Trinajstić information content (AvgIpc) is 2.85. The van der Waals surface area contributed by atoms with Crippen LogP contribution in [0.5, 0.6) is 0 Å². The van der Waals surface area contributed by atoms with E-state index in [-0.39, 0.29) is 0 Å². The third kappa shape index (κ3) is 1.46. The zero-order valence-electron chi connectivity index (χ0n) is 8.77. The molecule has 3 rings (SSSR count). The van der Waals surface area contributed by atoms with Gasteiger partial charge >= 0.3 is 0 Å². The number of aromatic amines is 1. The number of hydrogen-bond donors (Lipinski definition) is 1. The molecule has 0 bridgehead atoms. The molecule has 0 atom stereocenters. The number of hydrogen-bond acceptors (Lipinski definition) is 4. The lowest BCUT2D eigenvalue weighted by Gasteiger charge is -1.90. The van der Waals surface area contributed by atoms with Gasteiger partial charge in [0.25, 0.3) is 0 Å². The number of aryl methyl sites for hydroxylation is 1. The lowest BCUT2D eigenvalue weighted by Crippen LogP contribution is -1.93. The van der Waals surface area contributed by atoms with Gasteiger partial charge in [-0.2, -0.15) is 0 Å². The first-order chi connectivity index (χ1) is 7.83. The highest BCUT2D eigenvalue weighted by Gasteiger charge is 2.09. The molecular formula is C11H10N4O. The molecule has 1 aromatic carbocycles. The minimum Gasteiger partial charge on any atom is -0.342 e. The van der Waals surface area contributed by atoms with Gasteiger partial charge in [-0.25, -0.2) is 9.61 Å². The van der Waals surface area contributed by atoms with E-state index in [0.29, 0.717) is 6.42 Å². The number of imidazole rings is 1. The minimum atomic E-state index is 0.615. The SMILES string of the molecule is Cc1nonc1Cc1nc2ccccc2[nH]1. The maximum Gasteiger partial charge on any atom is 0.115 e. The number of nitrogens with zero attached hydrogens (tertiary/aromatic N) is 3. The van der Waals surface area contributed by atoms with Gasteiger partial charge in [0, 0.05) is 0 Å². The van der Waals surface area contributed by atoms with E-state index in [9.17, 15) is 0 Å². The van der Waals surface area contributed by atoms with E-state index >= 15 is 0 Å². The monoisotopic (exact) mass is 214 g/mol. The molecule has 5 nitrogen and oxygen atoms in total. The Balaban J connectivity index is 1.98. The molecule has 0 unspecified atom stereocenters. The molecule has 0 aliphatic carbocycles. The number of fused-ring (bicyclic) bond motifs is 1. The average molecular weight is 214 g/mol. The number of H-pyrrole nitrogens is 1. The highest BCUT2D eigenvalue weighted by atomic mass is 16.6. The zero-order chi connectivity index (χ0) is 11.0. The summed E-state index contributed by atoms with van der Waals surface area (Å²) in [5.74, 6) is 0.875. The highest BCUT2D eigenvalue weighted by molar-refractivity contribution is 5.74. The predicted octanol–water partition coefficient (Wildman–Crippen LogP) is 1.85. The largest absolute Gasteiger partial charge is 0.342 e. The molecule has 1 N–H and O–H groups in total. The lowest BCUT2D eigenvalue weighted by atomic mass is 10.2. The van der Waals surface area contributed by atoms with Gasteiger partial charge in [0.1, 0.15) is 17.2 Å². The summed E-state index contributed by atoms with van der Waals surface area (Å²) in [4.78, 5) is 7.70. The summed E-state index contributed by atoms with van der Waals surface area (Å²) >= 11 is 0. The first-order valence-electron chi connectivity index (χ1n) is 5.04. The first kappa shape index (κ1) is 9.08. The van der Waals surface area contributed by atoms with E-state index in [1.165, 1.54) is 0 Å². The van der Waals surface area contributed by atoms with Gasteiger partial charge in [-0.05, 0) is 19.1 Å². The second-order valence-corrected chi connectivity index (χ2v) is 3.67. The van der Waals surface area contributed by atoms with Crippen LogP contribution in [0.25, 0.3) is 11.0 Å². The fourth-order valence-corrected chi connectivity index (χ4v) is 1.66. The van der Waals surface area contributed by atoms with Gasteiger partial charge < -0.3 is 4.98 Å². The van der Waals surface area contributed by atoms with Crippen molar-refractivity contribution in [2.75, 3.05) is 0 Å². The quantitative estimate of drug-likeness (QED) is 0.706. The van der Waals surface area contributed by atoms with Gasteiger partial charge in [0.15, 0.2) is 0 Å².